The van der Waals surface area contributed by atoms with Crippen LogP contribution >= 0.6 is 0 Å². The monoisotopic (exact) mass is 193 g/mol. The Hall–Kier alpha value is -0.390. The number of rotatable bonds is 5. The van der Waals surface area contributed by atoms with Gasteiger partial charge in [-0.2, -0.15) is 0 Å². The molecule has 5 heteroatoms. The van der Waals surface area contributed by atoms with Crippen molar-refractivity contribution in [2.45, 2.75) is 26.3 Å². The third-order valence-corrected chi connectivity index (χ3v) is 2.32. The number of nitrogens with one attached hydrogen (secondary N) is 1. The van der Waals surface area contributed by atoms with Crippen LogP contribution in [-0.4, -0.2) is 26.2 Å². The van der Waals surface area contributed by atoms with Crippen molar-refractivity contribution in [2.75, 3.05) is 6.61 Å². The molecular formula is C7H15NO3S. The predicted molar refractivity (Wildman–Crippen MR) is 48.0 cm³/mol. The molecule has 0 saturated carbocycles. The van der Waals surface area contributed by atoms with Crippen LogP contribution in [0.25, 0.3) is 0 Å². The van der Waals surface area contributed by atoms with Gasteiger partial charge in [-0.1, -0.05) is 6.08 Å². The summed E-state index contributed by atoms with van der Waals surface area (Å²) < 4.78 is 24.5. The van der Waals surface area contributed by atoms with Gasteiger partial charge in [0.05, 0.1) is 0 Å². The van der Waals surface area contributed by atoms with Gasteiger partial charge in [0.2, 0.25) is 10.0 Å². The number of sulfonamides is 1. The second-order valence-electron chi connectivity index (χ2n) is 2.70. The SMILES string of the molecule is CC(C)NS(=O)(=O)/C=C/CCO. The van der Waals surface area contributed by atoms with Crippen LogP contribution in [0, 0.1) is 0 Å². The Kier molecular flexibility index (Phi) is 5.12. The fourth-order valence-corrected chi connectivity index (χ4v) is 1.76. The number of hydrogen-bond donors (Lipinski definition) is 2. The molecule has 2 N–H and O–H groups in total. The van der Waals surface area contributed by atoms with E-state index in [1.165, 1.54) is 6.08 Å². The fraction of sp³-hybridized carbons (Fsp3) is 0.714. The van der Waals surface area contributed by atoms with E-state index in [0.717, 1.165) is 5.41 Å². The van der Waals surface area contributed by atoms with E-state index in [1.807, 2.05) is 0 Å². The summed E-state index contributed by atoms with van der Waals surface area (Å²) in [6.07, 6.45) is 1.78. The van der Waals surface area contributed by atoms with Crippen LogP contribution in [0.1, 0.15) is 20.3 Å². The highest BCUT2D eigenvalue weighted by Gasteiger charge is 2.05. The molecule has 0 rings (SSSR count). The van der Waals surface area contributed by atoms with E-state index in [-0.39, 0.29) is 12.6 Å². The van der Waals surface area contributed by atoms with Crippen molar-refractivity contribution in [3.05, 3.63) is 11.5 Å². The Morgan fingerprint density at radius 1 is 1.50 bits per heavy atom. The van der Waals surface area contributed by atoms with Gasteiger partial charge < -0.3 is 5.11 Å². The molecule has 0 fully saturated rings. The Balaban J connectivity index is 4.05. The fourth-order valence-electron chi connectivity index (χ4n) is 0.637. The maximum absolute atomic E-state index is 11.0. The molecule has 0 aliphatic rings. The molecule has 0 bridgehead atoms. The van der Waals surface area contributed by atoms with Crippen LogP contribution in [0.2, 0.25) is 0 Å². The summed E-state index contributed by atoms with van der Waals surface area (Å²) in [4.78, 5) is 0. The highest BCUT2D eigenvalue weighted by molar-refractivity contribution is 7.92. The van der Waals surface area contributed by atoms with Gasteiger partial charge in [0.25, 0.3) is 0 Å². The minimum Gasteiger partial charge on any atom is -0.396 e. The maximum atomic E-state index is 11.0. The topological polar surface area (TPSA) is 66.4 Å². The van der Waals surface area contributed by atoms with E-state index >= 15 is 0 Å². The lowest BCUT2D eigenvalue weighted by Crippen LogP contribution is -2.28. The third-order valence-electron chi connectivity index (χ3n) is 0.971. The Bertz CT molecular complexity index is 231. The lowest BCUT2D eigenvalue weighted by atomic mass is 10.4. The molecule has 72 valence electrons. The van der Waals surface area contributed by atoms with Crippen molar-refractivity contribution in [1.82, 2.24) is 4.72 Å². The van der Waals surface area contributed by atoms with E-state index in [9.17, 15) is 8.42 Å². The summed E-state index contributed by atoms with van der Waals surface area (Å²) in [5.74, 6) is 0. The molecule has 0 aromatic carbocycles. The predicted octanol–water partition coefficient (Wildman–Crippen LogP) is 0.210. The number of hydrogen-bond acceptors (Lipinski definition) is 3. The summed E-state index contributed by atoms with van der Waals surface area (Å²) in [5.41, 5.74) is 0. The van der Waals surface area contributed by atoms with Crippen LogP contribution in [-0.2, 0) is 10.0 Å². The zero-order chi connectivity index (χ0) is 9.61. The molecule has 0 spiro atoms. The smallest absolute Gasteiger partial charge is 0.233 e. The zero-order valence-corrected chi connectivity index (χ0v) is 8.13. The lowest BCUT2D eigenvalue weighted by Gasteiger charge is -2.04. The first kappa shape index (κ1) is 11.6. The van der Waals surface area contributed by atoms with Crippen LogP contribution in [0.4, 0.5) is 0 Å². The molecule has 12 heavy (non-hydrogen) atoms. The third kappa shape index (κ3) is 6.33. The van der Waals surface area contributed by atoms with Crippen LogP contribution in [0.5, 0.6) is 0 Å². The van der Waals surface area contributed by atoms with E-state index in [0.29, 0.717) is 6.42 Å². The van der Waals surface area contributed by atoms with E-state index < -0.39 is 10.0 Å². The van der Waals surface area contributed by atoms with Crippen LogP contribution in [0.3, 0.4) is 0 Å². The van der Waals surface area contributed by atoms with Gasteiger partial charge in [0.1, 0.15) is 0 Å². The first-order valence-corrected chi connectivity index (χ1v) is 5.32. The van der Waals surface area contributed by atoms with E-state index in [1.54, 1.807) is 13.8 Å². The molecule has 0 aromatic rings. The lowest BCUT2D eigenvalue weighted by molar-refractivity contribution is 0.302. The van der Waals surface area contributed by atoms with Crippen molar-refractivity contribution in [3.8, 4) is 0 Å². The Morgan fingerprint density at radius 2 is 2.08 bits per heavy atom. The quantitative estimate of drug-likeness (QED) is 0.656. The van der Waals surface area contributed by atoms with Gasteiger partial charge in [-0.25, -0.2) is 13.1 Å². The van der Waals surface area contributed by atoms with Crippen molar-refractivity contribution in [2.24, 2.45) is 0 Å². The molecule has 0 atom stereocenters. The number of aliphatic hydroxyl groups excluding tert-OH is 1. The molecule has 0 saturated heterocycles. The minimum atomic E-state index is -3.29. The molecule has 0 amide bonds. The van der Waals surface area contributed by atoms with Gasteiger partial charge in [0.15, 0.2) is 0 Å². The maximum Gasteiger partial charge on any atom is 0.233 e. The minimum absolute atomic E-state index is 0.0340. The molecule has 0 aliphatic carbocycles. The Labute approximate surface area is 73.3 Å². The van der Waals surface area contributed by atoms with Crippen molar-refractivity contribution in [3.63, 3.8) is 0 Å². The van der Waals surface area contributed by atoms with Crippen LogP contribution < -0.4 is 4.72 Å². The van der Waals surface area contributed by atoms with Crippen molar-refractivity contribution in [1.29, 1.82) is 0 Å². The van der Waals surface area contributed by atoms with E-state index in [4.69, 9.17) is 5.11 Å². The summed E-state index contributed by atoms with van der Waals surface area (Å²) in [6.45, 7) is 3.46. The van der Waals surface area contributed by atoms with Gasteiger partial charge in [-0.05, 0) is 20.3 Å². The average molecular weight is 193 g/mol. The molecule has 0 heterocycles. The Morgan fingerprint density at radius 3 is 2.50 bits per heavy atom. The van der Waals surface area contributed by atoms with E-state index in [2.05, 4.69) is 4.72 Å². The summed E-state index contributed by atoms with van der Waals surface area (Å²) in [7, 11) is -3.29. The standard InChI is InChI=1S/C7H15NO3S/c1-7(2)8-12(10,11)6-4-3-5-9/h4,6-9H,3,5H2,1-2H3/b6-4+. The van der Waals surface area contributed by atoms with Crippen LogP contribution in [0.15, 0.2) is 11.5 Å². The first-order valence-electron chi connectivity index (χ1n) is 3.77. The first-order chi connectivity index (χ1) is 5.48. The number of aliphatic hydroxyl groups is 1. The summed E-state index contributed by atoms with van der Waals surface area (Å²) in [6, 6.07) is -0.103. The second-order valence-corrected chi connectivity index (χ2v) is 4.30. The molecule has 0 aromatic heterocycles. The average Bonchev–Trinajstić information content (AvgIpc) is 1.84. The molecule has 0 radical (unpaired) electrons. The summed E-state index contributed by atoms with van der Waals surface area (Å²) >= 11 is 0. The molecule has 0 aliphatic heterocycles. The summed E-state index contributed by atoms with van der Waals surface area (Å²) in [5, 5.41) is 9.45. The van der Waals surface area contributed by atoms with Crippen molar-refractivity contribution >= 4 is 10.0 Å². The van der Waals surface area contributed by atoms with Gasteiger partial charge in [-0.15, -0.1) is 0 Å². The van der Waals surface area contributed by atoms with Gasteiger partial charge in [0, 0.05) is 18.1 Å². The molecule has 4 nitrogen and oxygen atoms in total. The highest BCUT2D eigenvalue weighted by atomic mass is 32.2. The van der Waals surface area contributed by atoms with Crippen molar-refractivity contribution < 1.29 is 13.5 Å². The molecule has 0 unspecified atom stereocenters. The molecular weight excluding hydrogens is 178 g/mol. The van der Waals surface area contributed by atoms with Gasteiger partial charge >= 0.3 is 0 Å². The highest BCUT2D eigenvalue weighted by Crippen LogP contribution is 1.92. The largest absolute Gasteiger partial charge is 0.396 e. The normalized spacial score (nSPS) is 13.0. The van der Waals surface area contributed by atoms with Gasteiger partial charge in [-0.3, -0.25) is 0 Å². The zero-order valence-electron chi connectivity index (χ0n) is 7.32. The second kappa shape index (κ2) is 5.29.